The summed E-state index contributed by atoms with van der Waals surface area (Å²) in [7, 11) is 0. The minimum atomic E-state index is -5.12. The van der Waals surface area contributed by atoms with E-state index < -0.39 is 59.9 Å². The van der Waals surface area contributed by atoms with Gasteiger partial charge in [-0.3, -0.25) is 4.79 Å². The van der Waals surface area contributed by atoms with E-state index in [0.717, 1.165) is 25.1 Å². The van der Waals surface area contributed by atoms with Gasteiger partial charge in [-0.1, -0.05) is 36.4 Å². The van der Waals surface area contributed by atoms with Crippen molar-refractivity contribution in [2.24, 2.45) is 0 Å². The summed E-state index contributed by atoms with van der Waals surface area (Å²) in [5.41, 5.74) is -3.37. The van der Waals surface area contributed by atoms with Crippen LogP contribution in [0.3, 0.4) is 0 Å². The molecule has 2 N–H and O–H groups in total. The lowest BCUT2D eigenvalue weighted by Gasteiger charge is -2.36. The van der Waals surface area contributed by atoms with Gasteiger partial charge in [0, 0.05) is 17.5 Å². The van der Waals surface area contributed by atoms with Crippen LogP contribution in [0, 0.1) is 11.6 Å². The zero-order valence-electron chi connectivity index (χ0n) is 20.3. The van der Waals surface area contributed by atoms with E-state index in [0.29, 0.717) is 17.7 Å². The van der Waals surface area contributed by atoms with Gasteiger partial charge in [0.05, 0.1) is 5.56 Å². The van der Waals surface area contributed by atoms with E-state index in [1.165, 1.54) is 6.07 Å². The first-order chi connectivity index (χ1) is 18.1. The highest BCUT2D eigenvalue weighted by Gasteiger charge is 2.40. The van der Waals surface area contributed by atoms with Crippen molar-refractivity contribution in [3.8, 4) is 0 Å². The second kappa shape index (κ2) is 11.4. The SMILES string of the molecule is CC(=O)c1cc(F)cc([C@@](CNC(=O)NCC(F)(F)F)(Cc2ccccc2)c2ccc(F)c(C(F)(F)F)c2)c1. The minimum Gasteiger partial charge on any atom is -0.337 e. The molecule has 39 heavy (non-hydrogen) atoms. The van der Waals surface area contributed by atoms with Crippen LogP contribution >= 0.6 is 0 Å². The lowest BCUT2D eigenvalue weighted by Crippen LogP contribution is -2.48. The van der Waals surface area contributed by atoms with Crippen molar-refractivity contribution < 1.29 is 44.7 Å². The molecule has 2 amide bonds. The molecule has 0 heterocycles. The lowest BCUT2D eigenvalue weighted by molar-refractivity contribution is -0.140. The average Bonchev–Trinajstić information content (AvgIpc) is 2.84. The summed E-state index contributed by atoms with van der Waals surface area (Å²) < 4.78 is 108. The fraction of sp³-hybridized carbons (Fsp3) is 0.259. The molecule has 0 aliphatic heterocycles. The van der Waals surface area contributed by atoms with Gasteiger partial charge in [-0.15, -0.1) is 0 Å². The summed E-state index contributed by atoms with van der Waals surface area (Å²) in [5, 5.41) is 3.83. The maximum Gasteiger partial charge on any atom is 0.419 e. The number of nitrogens with one attached hydrogen (secondary N) is 2. The molecule has 4 nitrogen and oxygen atoms in total. The van der Waals surface area contributed by atoms with Crippen LogP contribution in [0.5, 0.6) is 0 Å². The summed E-state index contributed by atoms with van der Waals surface area (Å²) in [6.07, 6.45) is -10.1. The summed E-state index contributed by atoms with van der Waals surface area (Å²) >= 11 is 0. The number of urea groups is 1. The summed E-state index contributed by atoms with van der Waals surface area (Å²) in [4.78, 5) is 24.4. The predicted molar refractivity (Wildman–Crippen MR) is 126 cm³/mol. The fourth-order valence-corrected chi connectivity index (χ4v) is 4.17. The normalized spacial score (nSPS) is 13.5. The third kappa shape index (κ3) is 7.55. The molecule has 0 saturated carbocycles. The zero-order valence-corrected chi connectivity index (χ0v) is 20.3. The molecule has 0 bridgehead atoms. The fourth-order valence-electron chi connectivity index (χ4n) is 4.17. The molecule has 0 unspecified atom stereocenters. The lowest BCUT2D eigenvalue weighted by atomic mass is 9.69. The number of amides is 2. The molecule has 1 atom stereocenters. The van der Waals surface area contributed by atoms with E-state index in [-0.39, 0.29) is 23.1 Å². The third-order valence-electron chi connectivity index (χ3n) is 6.03. The summed E-state index contributed by atoms with van der Waals surface area (Å²) in [6, 6.07) is 11.9. The van der Waals surface area contributed by atoms with Gasteiger partial charge in [0.25, 0.3) is 0 Å². The van der Waals surface area contributed by atoms with Crippen LogP contribution in [-0.4, -0.2) is 31.1 Å². The zero-order chi connectivity index (χ0) is 29.0. The van der Waals surface area contributed by atoms with Crippen molar-refractivity contribution in [1.82, 2.24) is 10.6 Å². The number of carbonyl (C=O) groups is 2. The molecular weight excluding hydrogens is 536 g/mol. The number of benzene rings is 3. The number of alkyl halides is 6. The van der Waals surface area contributed by atoms with Crippen LogP contribution in [0.15, 0.2) is 66.7 Å². The Balaban J connectivity index is 2.27. The molecule has 3 aromatic carbocycles. The molecule has 208 valence electrons. The third-order valence-corrected chi connectivity index (χ3v) is 6.03. The molecule has 0 radical (unpaired) electrons. The Bertz CT molecular complexity index is 1340. The molecule has 0 aliphatic carbocycles. The van der Waals surface area contributed by atoms with Crippen LogP contribution in [0.25, 0.3) is 0 Å². The van der Waals surface area contributed by atoms with Crippen molar-refractivity contribution in [2.75, 3.05) is 13.1 Å². The van der Waals surface area contributed by atoms with E-state index in [2.05, 4.69) is 5.32 Å². The Morgan fingerprint density at radius 2 is 1.41 bits per heavy atom. The molecule has 0 aromatic heterocycles. The Hall–Kier alpha value is -3.96. The number of carbonyl (C=O) groups excluding carboxylic acids is 2. The number of Topliss-reactive ketones (excluding diaryl/α,β-unsaturated/α-hetero) is 1. The quantitative estimate of drug-likeness (QED) is 0.243. The van der Waals surface area contributed by atoms with E-state index in [1.54, 1.807) is 35.6 Å². The van der Waals surface area contributed by atoms with Gasteiger partial charge in [0.2, 0.25) is 0 Å². The van der Waals surface area contributed by atoms with E-state index in [4.69, 9.17) is 0 Å². The van der Waals surface area contributed by atoms with Gasteiger partial charge < -0.3 is 10.6 Å². The molecular formula is C27H22F8N2O2. The highest BCUT2D eigenvalue weighted by molar-refractivity contribution is 5.94. The molecule has 0 aliphatic rings. The van der Waals surface area contributed by atoms with Crippen molar-refractivity contribution in [3.05, 3.63) is 106 Å². The van der Waals surface area contributed by atoms with E-state index in [1.807, 2.05) is 0 Å². The maximum absolute atomic E-state index is 14.7. The second-order valence-electron chi connectivity index (χ2n) is 8.87. The van der Waals surface area contributed by atoms with Crippen LogP contribution in [0.4, 0.5) is 39.9 Å². The Morgan fingerprint density at radius 3 is 2.00 bits per heavy atom. The Kier molecular flexibility index (Phi) is 8.67. The van der Waals surface area contributed by atoms with Crippen molar-refractivity contribution in [2.45, 2.75) is 31.1 Å². The Morgan fingerprint density at radius 1 is 0.769 bits per heavy atom. The van der Waals surface area contributed by atoms with Crippen LogP contribution < -0.4 is 10.6 Å². The van der Waals surface area contributed by atoms with Crippen LogP contribution in [-0.2, 0) is 18.0 Å². The number of hydrogen-bond acceptors (Lipinski definition) is 2. The van der Waals surface area contributed by atoms with Gasteiger partial charge in [-0.2, -0.15) is 26.3 Å². The van der Waals surface area contributed by atoms with E-state index >= 15 is 0 Å². The number of halogens is 8. The number of ketones is 1. The van der Waals surface area contributed by atoms with Crippen molar-refractivity contribution in [1.29, 1.82) is 0 Å². The van der Waals surface area contributed by atoms with Gasteiger partial charge in [-0.25, -0.2) is 13.6 Å². The maximum atomic E-state index is 14.7. The molecule has 3 rings (SSSR count). The highest BCUT2D eigenvalue weighted by atomic mass is 19.4. The summed E-state index contributed by atoms with van der Waals surface area (Å²) in [6.45, 7) is -1.19. The van der Waals surface area contributed by atoms with Crippen molar-refractivity contribution >= 4 is 11.8 Å². The van der Waals surface area contributed by atoms with Gasteiger partial charge in [-0.05, 0) is 60.4 Å². The van der Waals surface area contributed by atoms with Crippen molar-refractivity contribution in [3.63, 3.8) is 0 Å². The molecule has 12 heteroatoms. The summed E-state index contributed by atoms with van der Waals surface area (Å²) in [5.74, 6) is -3.08. The smallest absolute Gasteiger partial charge is 0.337 e. The first-order valence-electron chi connectivity index (χ1n) is 11.4. The molecule has 0 spiro atoms. The topological polar surface area (TPSA) is 58.2 Å². The number of rotatable bonds is 8. The second-order valence-corrected chi connectivity index (χ2v) is 8.87. The Labute approximate surface area is 218 Å². The van der Waals surface area contributed by atoms with E-state index in [9.17, 15) is 44.7 Å². The van der Waals surface area contributed by atoms with Gasteiger partial charge >= 0.3 is 18.4 Å². The first-order valence-corrected chi connectivity index (χ1v) is 11.4. The molecule has 3 aromatic rings. The average molecular weight is 558 g/mol. The van der Waals surface area contributed by atoms with Gasteiger partial charge in [0.1, 0.15) is 18.2 Å². The molecule has 0 fully saturated rings. The van der Waals surface area contributed by atoms with Crippen LogP contribution in [0.1, 0.15) is 39.5 Å². The number of hydrogen-bond donors (Lipinski definition) is 2. The predicted octanol–water partition coefficient (Wildman–Crippen LogP) is 6.58. The molecule has 0 saturated heterocycles. The minimum absolute atomic E-state index is 0.0626. The monoisotopic (exact) mass is 558 g/mol. The standard InChI is InChI=1S/C27H22F8N2O2/c1-16(38)18-9-20(11-21(28)10-18)25(13-17-5-3-2-4-6-17,14-36-24(39)37-15-26(30,31)32)19-7-8-23(29)22(12-19)27(33,34)35/h2-12H,13-15H2,1H3,(H2,36,37,39)/t25-/m1/s1. The van der Waals surface area contributed by atoms with Gasteiger partial charge in [0.15, 0.2) is 5.78 Å². The highest BCUT2D eigenvalue weighted by Crippen LogP contribution is 2.40. The first kappa shape index (κ1) is 29.6. The van der Waals surface area contributed by atoms with Crippen LogP contribution in [0.2, 0.25) is 0 Å². The largest absolute Gasteiger partial charge is 0.419 e.